The molecule has 3 aromatic rings. The molecule has 0 aliphatic carbocycles. The minimum atomic E-state index is -0.0614. The molecule has 2 aromatic heterocycles. The van der Waals surface area contributed by atoms with Gasteiger partial charge in [0.15, 0.2) is 17.3 Å². The number of anilines is 1. The molecule has 0 unspecified atom stereocenters. The van der Waals surface area contributed by atoms with Crippen molar-refractivity contribution in [1.29, 1.82) is 0 Å². The van der Waals surface area contributed by atoms with E-state index in [-0.39, 0.29) is 5.91 Å². The maximum absolute atomic E-state index is 13.3. The number of rotatable bonds is 9. The Balaban J connectivity index is 1.45. The van der Waals surface area contributed by atoms with Crippen molar-refractivity contribution in [3.8, 4) is 28.5 Å². The van der Waals surface area contributed by atoms with Crippen LogP contribution < -0.4 is 19.1 Å². The Morgan fingerprint density at radius 1 is 0.829 bits per heavy atom. The molecule has 0 spiro atoms. The Kier molecular flexibility index (Phi) is 7.97. The summed E-state index contributed by atoms with van der Waals surface area (Å²) in [6.45, 7) is 9.59. The van der Waals surface area contributed by atoms with Gasteiger partial charge in [0.05, 0.1) is 25.5 Å². The van der Waals surface area contributed by atoms with Crippen molar-refractivity contribution in [2.45, 2.75) is 20.8 Å². The molecule has 1 saturated heterocycles. The summed E-state index contributed by atoms with van der Waals surface area (Å²) in [6, 6.07) is 11.2. The van der Waals surface area contributed by atoms with E-state index in [0.29, 0.717) is 68.8 Å². The van der Waals surface area contributed by atoms with Crippen LogP contribution in [0.4, 0.5) is 5.82 Å². The largest absolute Gasteiger partial charge is 0.490 e. The summed E-state index contributed by atoms with van der Waals surface area (Å²) >= 11 is 0. The highest BCUT2D eigenvalue weighted by atomic mass is 16.5. The molecule has 0 N–H and O–H groups in total. The normalized spacial score (nSPS) is 13.5. The summed E-state index contributed by atoms with van der Waals surface area (Å²) in [5, 5.41) is 8.77. The number of hydrogen-bond acceptors (Lipinski definition) is 8. The van der Waals surface area contributed by atoms with Crippen molar-refractivity contribution in [2.75, 3.05) is 50.9 Å². The van der Waals surface area contributed by atoms with Crippen LogP contribution in [0, 0.1) is 0 Å². The van der Waals surface area contributed by atoms with Gasteiger partial charge in [-0.25, -0.2) is 0 Å². The summed E-state index contributed by atoms with van der Waals surface area (Å²) in [4.78, 5) is 21.4. The number of aromatic nitrogens is 3. The maximum Gasteiger partial charge on any atom is 0.254 e. The number of carbonyl (C=O) groups excluding carboxylic acids is 1. The van der Waals surface area contributed by atoms with Crippen molar-refractivity contribution in [3.63, 3.8) is 0 Å². The molecule has 35 heavy (non-hydrogen) atoms. The summed E-state index contributed by atoms with van der Waals surface area (Å²) in [5.74, 6) is 2.31. The Bertz CT molecular complexity index is 1090. The van der Waals surface area contributed by atoms with Gasteiger partial charge >= 0.3 is 0 Å². The molecule has 0 bridgehead atoms. The van der Waals surface area contributed by atoms with Gasteiger partial charge in [0, 0.05) is 49.7 Å². The number of ether oxygens (including phenoxy) is 3. The number of benzene rings is 1. The first-order valence-corrected chi connectivity index (χ1v) is 12.0. The van der Waals surface area contributed by atoms with Crippen LogP contribution in [0.1, 0.15) is 31.1 Å². The van der Waals surface area contributed by atoms with Crippen molar-refractivity contribution in [3.05, 3.63) is 54.4 Å². The van der Waals surface area contributed by atoms with E-state index in [4.69, 9.17) is 14.2 Å². The fraction of sp³-hybridized carbons (Fsp3) is 0.385. The summed E-state index contributed by atoms with van der Waals surface area (Å²) in [6.07, 6.45) is 3.47. The van der Waals surface area contributed by atoms with E-state index in [2.05, 4.69) is 20.1 Å². The van der Waals surface area contributed by atoms with E-state index in [9.17, 15) is 4.79 Å². The molecule has 9 nitrogen and oxygen atoms in total. The van der Waals surface area contributed by atoms with Gasteiger partial charge < -0.3 is 24.0 Å². The van der Waals surface area contributed by atoms with Crippen LogP contribution in [0.15, 0.2) is 48.8 Å². The molecule has 4 rings (SSSR count). The van der Waals surface area contributed by atoms with Crippen LogP contribution in [0.25, 0.3) is 11.3 Å². The molecule has 3 heterocycles. The number of nitrogens with zero attached hydrogens (tertiary/aromatic N) is 5. The first kappa shape index (κ1) is 24.3. The van der Waals surface area contributed by atoms with Crippen LogP contribution in [0.3, 0.4) is 0 Å². The highest BCUT2D eigenvalue weighted by molar-refractivity contribution is 5.95. The molecule has 1 fully saturated rings. The van der Waals surface area contributed by atoms with Crippen LogP contribution in [0.5, 0.6) is 17.2 Å². The second kappa shape index (κ2) is 11.5. The summed E-state index contributed by atoms with van der Waals surface area (Å²) in [7, 11) is 0. The lowest BCUT2D eigenvalue weighted by molar-refractivity contribution is 0.0745. The third-order valence-electron chi connectivity index (χ3n) is 5.67. The lowest BCUT2D eigenvalue weighted by Crippen LogP contribution is -2.49. The van der Waals surface area contributed by atoms with Crippen LogP contribution in [-0.2, 0) is 0 Å². The number of hydrogen-bond donors (Lipinski definition) is 0. The number of piperazine rings is 1. The molecule has 1 amide bonds. The van der Waals surface area contributed by atoms with Crippen LogP contribution >= 0.6 is 0 Å². The highest BCUT2D eigenvalue weighted by Crippen LogP contribution is 2.39. The molecule has 1 aliphatic heterocycles. The molecule has 0 saturated carbocycles. The first-order chi connectivity index (χ1) is 17.1. The van der Waals surface area contributed by atoms with Crippen molar-refractivity contribution in [2.24, 2.45) is 0 Å². The van der Waals surface area contributed by atoms with Crippen molar-refractivity contribution >= 4 is 11.7 Å². The predicted octanol–water partition coefficient (Wildman–Crippen LogP) is 3.70. The Morgan fingerprint density at radius 3 is 2.00 bits per heavy atom. The molecule has 1 aliphatic rings. The SMILES string of the molecule is CCOc1cc(C(=O)N2CCN(c3ccc(-c4ccncc4)nn3)CC2)cc(OCC)c1OCC. The second-order valence-electron chi connectivity index (χ2n) is 7.89. The smallest absolute Gasteiger partial charge is 0.254 e. The molecular weight excluding hydrogens is 446 g/mol. The first-order valence-electron chi connectivity index (χ1n) is 12.0. The van der Waals surface area contributed by atoms with Gasteiger partial charge in [-0.2, -0.15) is 0 Å². The molecule has 1 aromatic carbocycles. The molecule has 9 heteroatoms. The van der Waals surface area contributed by atoms with Gasteiger partial charge in [0.2, 0.25) is 5.75 Å². The topological polar surface area (TPSA) is 89.9 Å². The molecule has 184 valence electrons. The fourth-order valence-electron chi connectivity index (χ4n) is 4.00. The Labute approximate surface area is 205 Å². The number of carbonyl (C=O) groups is 1. The van der Waals surface area contributed by atoms with Crippen LogP contribution in [0.2, 0.25) is 0 Å². The molecule has 0 radical (unpaired) electrons. The highest BCUT2D eigenvalue weighted by Gasteiger charge is 2.26. The Morgan fingerprint density at radius 2 is 1.46 bits per heavy atom. The molecular formula is C26H31N5O4. The van der Waals surface area contributed by atoms with E-state index in [1.807, 2.05) is 49.9 Å². The summed E-state index contributed by atoms with van der Waals surface area (Å²) < 4.78 is 17.3. The van der Waals surface area contributed by atoms with E-state index in [1.165, 1.54) is 0 Å². The summed E-state index contributed by atoms with van der Waals surface area (Å²) in [5.41, 5.74) is 2.30. The van der Waals surface area contributed by atoms with Gasteiger partial charge in [0.25, 0.3) is 5.91 Å². The van der Waals surface area contributed by atoms with E-state index >= 15 is 0 Å². The second-order valence-corrected chi connectivity index (χ2v) is 7.89. The van der Waals surface area contributed by atoms with E-state index < -0.39 is 0 Å². The zero-order valence-corrected chi connectivity index (χ0v) is 20.4. The monoisotopic (exact) mass is 477 g/mol. The van der Waals surface area contributed by atoms with Gasteiger partial charge in [-0.3, -0.25) is 9.78 Å². The van der Waals surface area contributed by atoms with Crippen molar-refractivity contribution < 1.29 is 19.0 Å². The third kappa shape index (κ3) is 5.62. The quantitative estimate of drug-likeness (QED) is 0.461. The zero-order valence-electron chi connectivity index (χ0n) is 20.4. The standard InChI is InChI=1S/C26H31N5O4/c1-4-33-22-17-20(18-23(34-5-2)25(22)35-6-3)26(32)31-15-13-30(14-16-31)24-8-7-21(28-29-24)19-9-11-27-12-10-19/h7-12,17-18H,4-6,13-16H2,1-3H3. The van der Waals surface area contributed by atoms with E-state index in [0.717, 1.165) is 17.1 Å². The Hall–Kier alpha value is -3.88. The minimum absolute atomic E-state index is 0.0614. The lowest BCUT2D eigenvalue weighted by Gasteiger charge is -2.35. The van der Waals surface area contributed by atoms with Gasteiger partial charge in [-0.05, 0) is 57.2 Å². The number of amides is 1. The average molecular weight is 478 g/mol. The lowest BCUT2D eigenvalue weighted by atomic mass is 10.1. The number of pyridine rings is 1. The van der Waals surface area contributed by atoms with Gasteiger partial charge in [-0.1, -0.05) is 0 Å². The van der Waals surface area contributed by atoms with E-state index in [1.54, 1.807) is 24.5 Å². The average Bonchev–Trinajstić information content (AvgIpc) is 2.91. The van der Waals surface area contributed by atoms with Crippen molar-refractivity contribution in [1.82, 2.24) is 20.1 Å². The fourth-order valence-corrected chi connectivity index (χ4v) is 4.00. The van der Waals surface area contributed by atoms with Gasteiger partial charge in [0.1, 0.15) is 0 Å². The van der Waals surface area contributed by atoms with Gasteiger partial charge in [-0.15, -0.1) is 10.2 Å². The zero-order chi connectivity index (χ0) is 24.6. The molecule has 0 atom stereocenters. The third-order valence-corrected chi connectivity index (χ3v) is 5.67. The predicted molar refractivity (Wildman–Crippen MR) is 133 cm³/mol. The maximum atomic E-state index is 13.3. The minimum Gasteiger partial charge on any atom is -0.490 e. The van der Waals surface area contributed by atoms with Crippen LogP contribution in [-0.4, -0.2) is 72.0 Å².